The zero-order valence-corrected chi connectivity index (χ0v) is 12.7. The van der Waals surface area contributed by atoms with Crippen molar-refractivity contribution in [1.82, 2.24) is 15.1 Å². The Morgan fingerprint density at radius 1 is 1.29 bits per heavy atom. The molecule has 0 unspecified atom stereocenters. The Labute approximate surface area is 124 Å². The molecule has 5 nitrogen and oxygen atoms in total. The Morgan fingerprint density at radius 3 is 2.62 bits per heavy atom. The summed E-state index contributed by atoms with van der Waals surface area (Å²) >= 11 is 0. The molecule has 2 aromatic rings. The summed E-state index contributed by atoms with van der Waals surface area (Å²) in [5, 5.41) is 6.88. The number of nitrogens with zero attached hydrogens (tertiary/aromatic N) is 2. The summed E-state index contributed by atoms with van der Waals surface area (Å²) in [6, 6.07) is 9.69. The molecule has 0 bridgehead atoms. The van der Waals surface area contributed by atoms with Crippen molar-refractivity contribution in [2.45, 2.75) is 33.4 Å². The number of carbonyl (C=O) groups is 1. The van der Waals surface area contributed by atoms with Gasteiger partial charge < -0.3 is 10.1 Å². The molecule has 0 saturated carbocycles. The monoisotopic (exact) mass is 287 g/mol. The maximum atomic E-state index is 11.6. The van der Waals surface area contributed by atoms with Crippen LogP contribution in [0.15, 0.2) is 36.5 Å². The Bertz CT molecular complexity index is 588. The van der Waals surface area contributed by atoms with E-state index in [0.29, 0.717) is 18.2 Å². The number of ether oxygens (including phenoxy) is 1. The normalized spacial score (nSPS) is 10.7. The van der Waals surface area contributed by atoms with Gasteiger partial charge in [0, 0.05) is 12.7 Å². The van der Waals surface area contributed by atoms with Gasteiger partial charge in [-0.05, 0) is 36.6 Å². The summed E-state index contributed by atoms with van der Waals surface area (Å²) in [5.41, 5.74) is 1.68. The van der Waals surface area contributed by atoms with Crippen molar-refractivity contribution in [3.63, 3.8) is 0 Å². The van der Waals surface area contributed by atoms with Crippen LogP contribution in [0.2, 0.25) is 0 Å². The first kappa shape index (κ1) is 15.1. The van der Waals surface area contributed by atoms with Crippen LogP contribution in [0.1, 0.15) is 42.7 Å². The van der Waals surface area contributed by atoms with Crippen molar-refractivity contribution in [2.75, 3.05) is 6.54 Å². The molecule has 1 heterocycles. The fourth-order valence-corrected chi connectivity index (χ4v) is 1.90. The number of carbonyl (C=O) groups excluding carboxylic acids is 1. The molecule has 0 spiro atoms. The molecule has 1 aromatic heterocycles. The molecular weight excluding hydrogens is 266 g/mol. The van der Waals surface area contributed by atoms with E-state index < -0.39 is 0 Å². The van der Waals surface area contributed by atoms with Gasteiger partial charge >= 0.3 is 0 Å². The first-order valence-corrected chi connectivity index (χ1v) is 7.14. The van der Waals surface area contributed by atoms with Crippen molar-refractivity contribution in [2.24, 2.45) is 0 Å². The molecule has 1 amide bonds. The molecule has 1 N–H and O–H groups in total. The molecule has 0 saturated heterocycles. The highest BCUT2D eigenvalue weighted by Gasteiger charge is 2.08. The second-order valence-corrected chi connectivity index (χ2v) is 5.10. The van der Waals surface area contributed by atoms with Crippen LogP contribution in [0.3, 0.4) is 0 Å². The highest BCUT2D eigenvalue weighted by Crippen LogP contribution is 2.18. The Hall–Kier alpha value is -2.30. The second kappa shape index (κ2) is 6.92. The lowest BCUT2D eigenvalue weighted by Gasteiger charge is -2.09. The van der Waals surface area contributed by atoms with Gasteiger partial charge in [-0.25, -0.2) is 4.68 Å². The van der Waals surface area contributed by atoms with E-state index in [0.717, 1.165) is 5.75 Å². The lowest BCUT2D eigenvalue weighted by Crippen LogP contribution is -2.23. The summed E-state index contributed by atoms with van der Waals surface area (Å²) in [6.07, 6.45) is 1.73. The fraction of sp³-hybridized carbons (Fsp3) is 0.375. The Morgan fingerprint density at radius 2 is 2.00 bits per heavy atom. The lowest BCUT2D eigenvalue weighted by atomic mass is 10.0. The summed E-state index contributed by atoms with van der Waals surface area (Å²) in [4.78, 5) is 11.6. The van der Waals surface area contributed by atoms with Gasteiger partial charge in [0.15, 0.2) is 6.73 Å². The number of nitrogens with one attached hydrogen (secondary N) is 1. The number of aromatic nitrogens is 2. The highest BCUT2D eigenvalue weighted by molar-refractivity contribution is 5.92. The summed E-state index contributed by atoms with van der Waals surface area (Å²) in [7, 11) is 0. The third-order valence-corrected chi connectivity index (χ3v) is 3.12. The van der Waals surface area contributed by atoms with Crippen LogP contribution in [-0.4, -0.2) is 22.2 Å². The molecule has 5 heteroatoms. The number of benzene rings is 1. The van der Waals surface area contributed by atoms with E-state index in [1.165, 1.54) is 5.56 Å². The van der Waals surface area contributed by atoms with E-state index in [2.05, 4.69) is 36.4 Å². The van der Waals surface area contributed by atoms with Gasteiger partial charge in [-0.3, -0.25) is 4.79 Å². The molecule has 0 aliphatic heterocycles. The predicted octanol–water partition coefficient (Wildman–Crippen LogP) is 2.79. The molecule has 0 aliphatic rings. The Balaban J connectivity index is 1.92. The van der Waals surface area contributed by atoms with Gasteiger partial charge in [-0.1, -0.05) is 26.0 Å². The van der Waals surface area contributed by atoms with Crippen molar-refractivity contribution >= 4 is 5.91 Å². The average Bonchev–Trinajstić information content (AvgIpc) is 2.95. The van der Waals surface area contributed by atoms with E-state index in [1.54, 1.807) is 16.9 Å². The van der Waals surface area contributed by atoms with Crippen molar-refractivity contribution in [3.8, 4) is 5.75 Å². The fourth-order valence-electron chi connectivity index (χ4n) is 1.90. The topological polar surface area (TPSA) is 56.2 Å². The van der Waals surface area contributed by atoms with Gasteiger partial charge in [-0.2, -0.15) is 5.10 Å². The van der Waals surface area contributed by atoms with E-state index in [4.69, 9.17) is 4.74 Å². The van der Waals surface area contributed by atoms with E-state index in [-0.39, 0.29) is 12.6 Å². The zero-order valence-electron chi connectivity index (χ0n) is 12.7. The lowest BCUT2D eigenvalue weighted by molar-refractivity contribution is 0.0949. The number of amides is 1. The van der Waals surface area contributed by atoms with E-state index in [9.17, 15) is 4.79 Å². The SMILES string of the molecule is CCNC(=O)c1ccn(COc2ccc(C(C)C)cc2)n1. The third kappa shape index (κ3) is 4.08. The summed E-state index contributed by atoms with van der Waals surface area (Å²) in [6.45, 7) is 7.05. The molecule has 112 valence electrons. The van der Waals surface area contributed by atoms with Crippen LogP contribution in [-0.2, 0) is 6.73 Å². The minimum absolute atomic E-state index is 0.169. The predicted molar refractivity (Wildman–Crippen MR) is 81.4 cm³/mol. The van der Waals surface area contributed by atoms with Crippen LogP contribution in [0, 0.1) is 0 Å². The van der Waals surface area contributed by atoms with Gasteiger partial charge in [-0.15, -0.1) is 0 Å². The maximum Gasteiger partial charge on any atom is 0.271 e. The van der Waals surface area contributed by atoms with Crippen molar-refractivity contribution in [1.29, 1.82) is 0 Å². The van der Waals surface area contributed by atoms with E-state index in [1.807, 2.05) is 19.1 Å². The Kier molecular flexibility index (Phi) is 4.98. The van der Waals surface area contributed by atoms with Crippen LogP contribution in [0.25, 0.3) is 0 Å². The van der Waals surface area contributed by atoms with Gasteiger partial charge in [0.2, 0.25) is 0 Å². The second-order valence-electron chi connectivity index (χ2n) is 5.10. The quantitative estimate of drug-likeness (QED) is 0.889. The standard InChI is InChI=1S/C16H21N3O2/c1-4-17-16(20)15-9-10-19(18-15)11-21-14-7-5-13(6-8-14)12(2)3/h5-10,12H,4,11H2,1-3H3,(H,17,20). The van der Waals surface area contributed by atoms with Crippen LogP contribution in [0.5, 0.6) is 5.75 Å². The molecule has 21 heavy (non-hydrogen) atoms. The molecule has 0 radical (unpaired) electrons. The highest BCUT2D eigenvalue weighted by atomic mass is 16.5. The van der Waals surface area contributed by atoms with Gasteiger partial charge in [0.1, 0.15) is 11.4 Å². The van der Waals surface area contributed by atoms with Crippen LogP contribution in [0.4, 0.5) is 0 Å². The third-order valence-electron chi connectivity index (χ3n) is 3.12. The zero-order chi connectivity index (χ0) is 15.2. The number of rotatable bonds is 6. The van der Waals surface area contributed by atoms with E-state index >= 15 is 0 Å². The van der Waals surface area contributed by atoms with Crippen molar-refractivity contribution < 1.29 is 9.53 Å². The molecular formula is C16H21N3O2. The summed E-state index contributed by atoms with van der Waals surface area (Å²) < 4.78 is 7.25. The van der Waals surface area contributed by atoms with Crippen LogP contribution >= 0.6 is 0 Å². The first-order chi connectivity index (χ1) is 10.1. The van der Waals surface area contributed by atoms with Crippen molar-refractivity contribution in [3.05, 3.63) is 47.8 Å². The first-order valence-electron chi connectivity index (χ1n) is 7.14. The maximum absolute atomic E-state index is 11.6. The number of hydrogen-bond donors (Lipinski definition) is 1. The summed E-state index contributed by atoms with van der Waals surface area (Å²) in [5.74, 6) is 1.12. The number of hydrogen-bond acceptors (Lipinski definition) is 3. The average molecular weight is 287 g/mol. The smallest absolute Gasteiger partial charge is 0.271 e. The largest absolute Gasteiger partial charge is 0.471 e. The molecule has 1 aromatic carbocycles. The molecule has 0 fully saturated rings. The minimum Gasteiger partial charge on any atom is -0.471 e. The minimum atomic E-state index is -0.169. The van der Waals surface area contributed by atoms with Gasteiger partial charge in [0.05, 0.1) is 0 Å². The molecule has 2 rings (SSSR count). The molecule has 0 atom stereocenters. The van der Waals surface area contributed by atoms with Gasteiger partial charge in [0.25, 0.3) is 5.91 Å². The molecule has 0 aliphatic carbocycles. The van der Waals surface area contributed by atoms with Crippen LogP contribution < -0.4 is 10.1 Å².